The zero-order valence-corrected chi connectivity index (χ0v) is 16.6. The van der Waals surface area contributed by atoms with Gasteiger partial charge in [0.15, 0.2) is 12.4 Å². The van der Waals surface area contributed by atoms with Crippen molar-refractivity contribution in [2.75, 3.05) is 11.1 Å². The molecule has 1 saturated carbocycles. The summed E-state index contributed by atoms with van der Waals surface area (Å²) in [4.78, 5) is 36.5. The van der Waals surface area contributed by atoms with Crippen molar-refractivity contribution in [2.24, 2.45) is 5.92 Å². The van der Waals surface area contributed by atoms with Crippen LogP contribution in [-0.4, -0.2) is 32.9 Å². The van der Waals surface area contributed by atoms with Crippen LogP contribution in [-0.2, 0) is 20.9 Å². The van der Waals surface area contributed by atoms with Crippen LogP contribution in [0.25, 0.3) is 0 Å². The molecule has 9 nitrogen and oxygen atoms in total. The van der Waals surface area contributed by atoms with Crippen LogP contribution in [0, 0.1) is 12.8 Å². The Labute approximate surface area is 169 Å². The highest BCUT2D eigenvalue weighted by Gasteiger charge is 2.32. The molecular formula is C20H26N6O3. The van der Waals surface area contributed by atoms with Crippen molar-refractivity contribution in [2.45, 2.75) is 52.2 Å². The topological polar surface area (TPSA) is 132 Å². The molecule has 1 aromatic heterocycles. The standard InChI is InChI=1S/C20H26N6O3/c1-12-7-3-6-10-15(12)23-20-25-16(24-19(21)26-20)11-29-18(28)17(22-13(2)27)14-8-4-5-9-14/h3,6-7,10,14,17H,4-5,8-9,11H2,1-2H3,(H,22,27)(H3,21,23,24,25,26). The molecule has 1 aromatic carbocycles. The maximum absolute atomic E-state index is 12.6. The fraction of sp³-hybridized carbons (Fsp3) is 0.450. The Morgan fingerprint density at radius 2 is 1.93 bits per heavy atom. The van der Waals surface area contributed by atoms with E-state index in [4.69, 9.17) is 10.5 Å². The molecule has 4 N–H and O–H groups in total. The van der Waals surface area contributed by atoms with E-state index in [1.165, 1.54) is 6.92 Å². The maximum atomic E-state index is 12.6. The molecule has 1 fully saturated rings. The van der Waals surface area contributed by atoms with Gasteiger partial charge in [-0.15, -0.1) is 0 Å². The van der Waals surface area contributed by atoms with Crippen molar-refractivity contribution in [1.82, 2.24) is 20.3 Å². The van der Waals surface area contributed by atoms with Crippen molar-refractivity contribution < 1.29 is 14.3 Å². The number of hydrogen-bond acceptors (Lipinski definition) is 8. The summed E-state index contributed by atoms with van der Waals surface area (Å²) in [7, 11) is 0. The van der Waals surface area contributed by atoms with E-state index in [2.05, 4.69) is 25.6 Å². The number of carbonyl (C=O) groups excluding carboxylic acids is 2. The van der Waals surface area contributed by atoms with E-state index in [1.54, 1.807) is 0 Å². The summed E-state index contributed by atoms with van der Waals surface area (Å²) in [6.45, 7) is 3.20. The van der Waals surface area contributed by atoms with Crippen molar-refractivity contribution >= 4 is 29.5 Å². The molecule has 1 aliphatic carbocycles. The largest absolute Gasteiger partial charge is 0.456 e. The minimum Gasteiger partial charge on any atom is -0.456 e. The van der Waals surface area contributed by atoms with Crippen LogP contribution in [0.1, 0.15) is 44.0 Å². The van der Waals surface area contributed by atoms with Gasteiger partial charge in [-0.1, -0.05) is 31.0 Å². The summed E-state index contributed by atoms with van der Waals surface area (Å²) in [5.74, 6) is -0.126. The number of anilines is 3. The molecule has 1 unspecified atom stereocenters. The maximum Gasteiger partial charge on any atom is 0.329 e. The number of carbonyl (C=O) groups is 2. The summed E-state index contributed by atoms with van der Waals surface area (Å²) in [6, 6.07) is 7.03. The van der Waals surface area contributed by atoms with Gasteiger partial charge in [-0.2, -0.15) is 15.0 Å². The lowest BCUT2D eigenvalue weighted by atomic mass is 9.98. The normalized spacial score (nSPS) is 15.0. The SMILES string of the molecule is CC(=O)NC(C(=O)OCc1nc(N)nc(Nc2ccccc2C)n1)C1CCCC1. The summed E-state index contributed by atoms with van der Waals surface area (Å²) in [5.41, 5.74) is 7.65. The second-order valence-electron chi connectivity index (χ2n) is 7.20. The highest BCUT2D eigenvalue weighted by atomic mass is 16.5. The highest BCUT2D eigenvalue weighted by molar-refractivity contribution is 5.83. The lowest BCUT2D eigenvalue weighted by Gasteiger charge is -2.22. The molecule has 0 bridgehead atoms. The number of ether oxygens (including phenoxy) is 1. The van der Waals surface area contributed by atoms with Gasteiger partial charge in [-0.25, -0.2) is 4.79 Å². The minimum atomic E-state index is -0.654. The van der Waals surface area contributed by atoms with Gasteiger partial charge in [0.25, 0.3) is 0 Å². The Hall–Kier alpha value is -3.23. The molecule has 29 heavy (non-hydrogen) atoms. The first-order valence-corrected chi connectivity index (χ1v) is 9.69. The van der Waals surface area contributed by atoms with E-state index in [1.807, 2.05) is 31.2 Å². The molecule has 0 aliphatic heterocycles. The number of amides is 1. The highest BCUT2D eigenvalue weighted by Crippen LogP contribution is 2.28. The van der Waals surface area contributed by atoms with Gasteiger partial charge in [0, 0.05) is 12.6 Å². The average Bonchev–Trinajstić information content (AvgIpc) is 3.20. The van der Waals surface area contributed by atoms with Crippen molar-refractivity contribution in [3.8, 4) is 0 Å². The molecule has 1 atom stereocenters. The van der Waals surface area contributed by atoms with Crippen LogP contribution in [0.15, 0.2) is 24.3 Å². The quantitative estimate of drug-likeness (QED) is 0.605. The Balaban J connectivity index is 1.67. The molecule has 1 aliphatic rings. The van der Waals surface area contributed by atoms with Gasteiger partial charge in [-0.3, -0.25) is 4.79 Å². The monoisotopic (exact) mass is 398 g/mol. The third kappa shape index (κ3) is 5.63. The zero-order chi connectivity index (χ0) is 20.8. The Morgan fingerprint density at radius 1 is 1.21 bits per heavy atom. The van der Waals surface area contributed by atoms with E-state index >= 15 is 0 Å². The van der Waals surface area contributed by atoms with Gasteiger partial charge < -0.3 is 21.1 Å². The fourth-order valence-electron chi connectivity index (χ4n) is 3.50. The van der Waals surface area contributed by atoms with Gasteiger partial charge >= 0.3 is 5.97 Å². The van der Waals surface area contributed by atoms with Crippen LogP contribution in [0.3, 0.4) is 0 Å². The van der Waals surface area contributed by atoms with Crippen LogP contribution in [0.4, 0.5) is 17.6 Å². The number of nitrogen functional groups attached to an aromatic ring is 1. The van der Waals surface area contributed by atoms with Crippen LogP contribution in [0.5, 0.6) is 0 Å². The molecule has 0 saturated heterocycles. The van der Waals surface area contributed by atoms with Gasteiger partial charge in [-0.05, 0) is 37.3 Å². The summed E-state index contributed by atoms with van der Waals surface area (Å²) >= 11 is 0. The first-order valence-electron chi connectivity index (χ1n) is 9.69. The minimum absolute atomic E-state index is 0.0244. The van der Waals surface area contributed by atoms with E-state index in [9.17, 15) is 9.59 Å². The van der Waals surface area contributed by atoms with Gasteiger partial charge in [0.2, 0.25) is 17.8 Å². The second-order valence-corrected chi connectivity index (χ2v) is 7.20. The van der Waals surface area contributed by atoms with Crippen LogP contribution in [0.2, 0.25) is 0 Å². The first kappa shape index (κ1) is 20.5. The van der Waals surface area contributed by atoms with E-state index in [0.717, 1.165) is 36.9 Å². The number of hydrogen-bond donors (Lipinski definition) is 3. The third-order valence-electron chi connectivity index (χ3n) is 4.92. The molecular weight excluding hydrogens is 372 g/mol. The predicted octanol–water partition coefficient (Wildman–Crippen LogP) is 2.24. The number of aryl methyl sites for hydroxylation is 1. The zero-order valence-electron chi connectivity index (χ0n) is 16.6. The van der Waals surface area contributed by atoms with Crippen molar-refractivity contribution in [3.05, 3.63) is 35.7 Å². The number of nitrogens with zero attached hydrogens (tertiary/aromatic N) is 3. The van der Waals surface area contributed by atoms with Gasteiger partial charge in [0.1, 0.15) is 6.04 Å². The number of nitrogens with one attached hydrogen (secondary N) is 2. The van der Waals surface area contributed by atoms with Gasteiger partial charge in [0.05, 0.1) is 0 Å². The Morgan fingerprint density at radius 3 is 2.62 bits per heavy atom. The predicted molar refractivity (Wildman–Crippen MR) is 108 cm³/mol. The van der Waals surface area contributed by atoms with Crippen molar-refractivity contribution in [1.29, 1.82) is 0 Å². The summed E-state index contributed by atoms with van der Waals surface area (Å²) in [6.07, 6.45) is 3.88. The smallest absolute Gasteiger partial charge is 0.329 e. The Bertz CT molecular complexity index is 882. The third-order valence-corrected chi connectivity index (χ3v) is 4.92. The molecule has 3 rings (SSSR count). The average molecular weight is 398 g/mol. The molecule has 0 spiro atoms. The Kier molecular flexibility index (Phi) is 6.58. The number of benzene rings is 1. The molecule has 0 radical (unpaired) electrons. The number of para-hydroxylation sites is 1. The van der Waals surface area contributed by atoms with Crippen LogP contribution >= 0.6 is 0 Å². The lowest BCUT2D eigenvalue weighted by Crippen LogP contribution is -2.45. The second kappa shape index (κ2) is 9.31. The molecule has 9 heteroatoms. The van der Waals surface area contributed by atoms with Crippen LogP contribution < -0.4 is 16.4 Å². The first-order chi connectivity index (χ1) is 13.9. The number of aromatic nitrogens is 3. The number of rotatable bonds is 7. The summed E-state index contributed by atoms with van der Waals surface area (Å²) in [5, 5.41) is 5.81. The number of nitrogens with two attached hydrogens (primary N) is 1. The fourth-order valence-corrected chi connectivity index (χ4v) is 3.50. The molecule has 2 aromatic rings. The molecule has 1 amide bonds. The lowest BCUT2D eigenvalue weighted by molar-refractivity contribution is -0.150. The van der Waals surface area contributed by atoms with E-state index < -0.39 is 12.0 Å². The van der Waals surface area contributed by atoms with Crippen molar-refractivity contribution in [3.63, 3.8) is 0 Å². The van der Waals surface area contributed by atoms with E-state index in [0.29, 0.717) is 0 Å². The molecule has 154 valence electrons. The number of esters is 1. The molecule has 1 heterocycles. The summed E-state index contributed by atoms with van der Waals surface area (Å²) < 4.78 is 5.40. The van der Waals surface area contributed by atoms with E-state index in [-0.39, 0.29) is 36.2 Å².